The molecule has 0 amide bonds. The fraction of sp³-hybridized carbons (Fsp3) is 0.357. The lowest BCUT2D eigenvalue weighted by atomic mass is 10.1. The highest BCUT2D eigenvalue weighted by Crippen LogP contribution is 2.26. The third-order valence-corrected chi connectivity index (χ3v) is 5.12. The summed E-state index contributed by atoms with van der Waals surface area (Å²) in [5, 5.41) is 19.8. The molecule has 0 fully saturated rings. The van der Waals surface area contributed by atoms with Crippen LogP contribution in [0.1, 0.15) is 39.5 Å². The van der Waals surface area contributed by atoms with E-state index in [4.69, 9.17) is 14.2 Å². The van der Waals surface area contributed by atoms with E-state index in [1.165, 1.54) is 0 Å². The molecule has 0 aliphatic carbocycles. The van der Waals surface area contributed by atoms with Crippen LogP contribution in [-0.2, 0) is 9.59 Å². The molecule has 0 radical (unpaired) electrons. The number of allylic oxidation sites excluding steroid dienone is 2. The minimum absolute atomic E-state index is 0.0493. The van der Waals surface area contributed by atoms with Crippen molar-refractivity contribution in [3.05, 3.63) is 72.8 Å². The second-order valence-corrected chi connectivity index (χ2v) is 8.44. The Hall–Kier alpha value is -3.42. The number of carbonyl (C=O) groups excluding carboxylic acids is 2. The van der Waals surface area contributed by atoms with Gasteiger partial charge in [0.15, 0.2) is 11.6 Å². The van der Waals surface area contributed by atoms with Crippen LogP contribution in [-0.4, -0.2) is 47.2 Å². The predicted octanol–water partition coefficient (Wildman–Crippen LogP) is 4.81. The SMILES string of the molecule is C=C(C)C(=O)CC(O)CCOc1ccc(Oc2ccc(OCCC(O)CC(=O)C(=C)C)cc2)cc1. The standard InChI is InChI=1S/C28H34O7/c1-19(2)27(31)17-21(29)13-15-33-23-5-9-25(10-6-23)35-26-11-7-24(8-12-26)34-16-14-22(30)18-28(32)20(3)4/h5-12,21-22,29-30H,1,3,13-18H2,2,4H3. The average Bonchev–Trinajstić information content (AvgIpc) is 2.81. The number of aliphatic hydroxyl groups is 2. The lowest BCUT2D eigenvalue weighted by Gasteiger charge is -2.12. The van der Waals surface area contributed by atoms with Gasteiger partial charge in [-0.3, -0.25) is 9.59 Å². The molecule has 2 unspecified atom stereocenters. The van der Waals surface area contributed by atoms with E-state index in [2.05, 4.69) is 13.2 Å². The molecule has 0 spiro atoms. The van der Waals surface area contributed by atoms with Crippen molar-refractivity contribution in [2.45, 2.75) is 51.7 Å². The summed E-state index contributed by atoms with van der Waals surface area (Å²) >= 11 is 0. The normalized spacial score (nSPS) is 12.3. The molecular formula is C28H34O7. The molecule has 2 rings (SSSR count). The van der Waals surface area contributed by atoms with E-state index in [9.17, 15) is 19.8 Å². The molecular weight excluding hydrogens is 448 g/mol. The summed E-state index contributed by atoms with van der Waals surface area (Å²) in [6.45, 7) is 11.0. The summed E-state index contributed by atoms with van der Waals surface area (Å²) in [7, 11) is 0. The van der Waals surface area contributed by atoms with Gasteiger partial charge in [0.05, 0.1) is 25.4 Å². The van der Waals surface area contributed by atoms with Crippen LogP contribution in [0.5, 0.6) is 23.0 Å². The van der Waals surface area contributed by atoms with Crippen molar-refractivity contribution < 1.29 is 34.0 Å². The number of carbonyl (C=O) groups is 2. The van der Waals surface area contributed by atoms with Crippen molar-refractivity contribution in [3.8, 4) is 23.0 Å². The molecule has 7 nitrogen and oxygen atoms in total. The molecule has 2 N–H and O–H groups in total. The van der Waals surface area contributed by atoms with Crippen molar-refractivity contribution in [1.29, 1.82) is 0 Å². The first-order chi connectivity index (χ1) is 16.6. The van der Waals surface area contributed by atoms with Gasteiger partial charge in [0.2, 0.25) is 0 Å². The van der Waals surface area contributed by atoms with Crippen LogP contribution < -0.4 is 14.2 Å². The maximum atomic E-state index is 11.6. The Labute approximate surface area is 206 Å². The third kappa shape index (κ3) is 10.6. The molecule has 7 heteroatoms. The van der Waals surface area contributed by atoms with E-state index in [0.717, 1.165) is 0 Å². The first-order valence-corrected chi connectivity index (χ1v) is 11.5. The summed E-state index contributed by atoms with van der Waals surface area (Å²) < 4.78 is 17.1. The van der Waals surface area contributed by atoms with E-state index in [1.54, 1.807) is 62.4 Å². The summed E-state index contributed by atoms with van der Waals surface area (Å²) in [4.78, 5) is 23.1. The molecule has 0 bridgehead atoms. The Bertz CT molecular complexity index is 911. The Balaban J connectivity index is 1.72. The number of ether oxygens (including phenoxy) is 3. The molecule has 0 aliphatic heterocycles. The van der Waals surface area contributed by atoms with Crippen LogP contribution in [0.3, 0.4) is 0 Å². The number of Topliss-reactive ketones (excluding diaryl/α,β-unsaturated/α-hetero) is 2. The van der Waals surface area contributed by atoms with E-state index >= 15 is 0 Å². The average molecular weight is 483 g/mol. The zero-order valence-electron chi connectivity index (χ0n) is 20.4. The van der Waals surface area contributed by atoms with Crippen molar-refractivity contribution >= 4 is 11.6 Å². The van der Waals surface area contributed by atoms with E-state index < -0.39 is 12.2 Å². The molecule has 35 heavy (non-hydrogen) atoms. The zero-order valence-corrected chi connectivity index (χ0v) is 20.4. The number of benzene rings is 2. The van der Waals surface area contributed by atoms with Crippen LogP contribution >= 0.6 is 0 Å². The van der Waals surface area contributed by atoms with Crippen LogP contribution in [0.4, 0.5) is 0 Å². The van der Waals surface area contributed by atoms with Crippen molar-refractivity contribution in [3.63, 3.8) is 0 Å². The Kier molecular flexibility index (Phi) is 11.2. The first-order valence-electron chi connectivity index (χ1n) is 11.5. The second kappa shape index (κ2) is 14.1. The Morgan fingerprint density at radius 2 is 1.00 bits per heavy atom. The number of hydrogen-bond acceptors (Lipinski definition) is 7. The minimum atomic E-state index is -0.760. The smallest absolute Gasteiger partial charge is 0.160 e. The van der Waals surface area contributed by atoms with Gasteiger partial charge in [-0.1, -0.05) is 13.2 Å². The lowest BCUT2D eigenvalue weighted by molar-refractivity contribution is -0.118. The van der Waals surface area contributed by atoms with Gasteiger partial charge < -0.3 is 24.4 Å². The Morgan fingerprint density at radius 3 is 1.31 bits per heavy atom. The summed E-state index contributed by atoms with van der Waals surface area (Å²) in [5.41, 5.74) is 0.873. The molecule has 0 aliphatic rings. The molecule has 2 aromatic carbocycles. The fourth-order valence-electron chi connectivity index (χ4n) is 2.95. The highest BCUT2D eigenvalue weighted by atomic mass is 16.5. The zero-order chi connectivity index (χ0) is 25.8. The predicted molar refractivity (Wildman–Crippen MR) is 134 cm³/mol. The Morgan fingerprint density at radius 1 is 0.686 bits per heavy atom. The fourth-order valence-corrected chi connectivity index (χ4v) is 2.95. The van der Waals surface area contributed by atoms with Crippen LogP contribution in [0.25, 0.3) is 0 Å². The van der Waals surface area contributed by atoms with Crippen LogP contribution in [0.2, 0.25) is 0 Å². The van der Waals surface area contributed by atoms with E-state index in [-0.39, 0.29) is 37.6 Å². The number of ketones is 2. The van der Waals surface area contributed by atoms with E-state index in [1.807, 2.05) is 0 Å². The van der Waals surface area contributed by atoms with Crippen molar-refractivity contribution in [2.24, 2.45) is 0 Å². The quantitative estimate of drug-likeness (QED) is 0.331. The molecule has 2 aromatic rings. The maximum Gasteiger partial charge on any atom is 0.160 e. The second-order valence-electron chi connectivity index (χ2n) is 8.44. The first kappa shape index (κ1) is 27.8. The summed E-state index contributed by atoms with van der Waals surface area (Å²) in [6.07, 6.45) is -0.732. The maximum absolute atomic E-state index is 11.6. The van der Waals surface area contributed by atoms with Gasteiger partial charge in [0, 0.05) is 25.7 Å². The molecule has 0 aromatic heterocycles. The molecule has 2 atom stereocenters. The van der Waals surface area contributed by atoms with Gasteiger partial charge in [-0.2, -0.15) is 0 Å². The summed E-state index contributed by atoms with van der Waals surface area (Å²) in [5.74, 6) is 2.22. The highest BCUT2D eigenvalue weighted by molar-refractivity contribution is 5.94. The molecule has 0 saturated heterocycles. The lowest BCUT2D eigenvalue weighted by Crippen LogP contribution is -2.17. The number of rotatable bonds is 16. The van der Waals surface area contributed by atoms with Gasteiger partial charge in [0.25, 0.3) is 0 Å². The highest BCUT2D eigenvalue weighted by Gasteiger charge is 2.12. The minimum Gasteiger partial charge on any atom is -0.493 e. The van der Waals surface area contributed by atoms with E-state index in [0.29, 0.717) is 47.0 Å². The molecule has 0 saturated carbocycles. The topological polar surface area (TPSA) is 102 Å². The molecule has 0 heterocycles. The summed E-state index contributed by atoms with van der Waals surface area (Å²) in [6, 6.07) is 14.2. The largest absolute Gasteiger partial charge is 0.493 e. The monoisotopic (exact) mass is 482 g/mol. The van der Waals surface area contributed by atoms with Crippen LogP contribution in [0.15, 0.2) is 72.8 Å². The van der Waals surface area contributed by atoms with Gasteiger partial charge in [-0.15, -0.1) is 0 Å². The molecule has 188 valence electrons. The number of hydrogen-bond donors (Lipinski definition) is 2. The third-order valence-electron chi connectivity index (χ3n) is 5.12. The van der Waals surface area contributed by atoms with Gasteiger partial charge in [0.1, 0.15) is 23.0 Å². The van der Waals surface area contributed by atoms with Crippen molar-refractivity contribution in [1.82, 2.24) is 0 Å². The van der Waals surface area contributed by atoms with Gasteiger partial charge in [-0.25, -0.2) is 0 Å². The van der Waals surface area contributed by atoms with Crippen molar-refractivity contribution in [2.75, 3.05) is 13.2 Å². The number of aliphatic hydroxyl groups excluding tert-OH is 2. The van der Waals surface area contributed by atoms with Gasteiger partial charge >= 0.3 is 0 Å². The van der Waals surface area contributed by atoms with Gasteiger partial charge in [-0.05, 0) is 73.5 Å². The van der Waals surface area contributed by atoms with Crippen LogP contribution in [0, 0.1) is 0 Å².